The highest BCUT2D eigenvalue weighted by atomic mass is 14.0. The largest absolute Gasteiger partial charge is 0.0533 e. The lowest BCUT2D eigenvalue weighted by Crippen LogP contribution is -1.85. The van der Waals surface area contributed by atoms with E-state index < -0.39 is 0 Å². The summed E-state index contributed by atoms with van der Waals surface area (Å²) in [6.07, 6.45) is 67.1. The summed E-state index contributed by atoms with van der Waals surface area (Å²) in [5.74, 6) is 0. The van der Waals surface area contributed by atoms with Crippen LogP contribution in [0.5, 0.6) is 0 Å². The molecule has 0 unspecified atom stereocenters. The van der Waals surface area contributed by atoms with Crippen molar-refractivity contribution in [3.05, 3.63) is 13.8 Å². The second kappa shape index (κ2) is 47.0. The van der Waals surface area contributed by atoms with Gasteiger partial charge in [-0.05, 0) is 0 Å². The molecule has 0 saturated carbocycles. The van der Waals surface area contributed by atoms with Crippen LogP contribution in [0.2, 0.25) is 0 Å². The molecule has 0 rings (SSSR count). The number of unbranched alkanes of at least 4 members (excludes halogenated alkanes) is 45. The number of rotatable bonds is 45. The fraction of sp³-hybridized carbons (Fsp3) is 0.958. The summed E-state index contributed by atoms with van der Waals surface area (Å²) < 4.78 is 0. The Morgan fingerprint density at radius 3 is 0.229 bits per heavy atom. The second-order valence-electron chi connectivity index (χ2n) is 16.3. The van der Waals surface area contributed by atoms with Gasteiger partial charge in [0.1, 0.15) is 0 Å². The molecule has 288 valence electrons. The van der Waals surface area contributed by atoms with Crippen LogP contribution in [0, 0.1) is 13.8 Å². The van der Waals surface area contributed by atoms with Gasteiger partial charge in [0.2, 0.25) is 0 Å². The first-order valence-electron chi connectivity index (χ1n) is 23.5. The Balaban J connectivity index is 3.04. The molecule has 2 radical (unpaired) electrons. The highest BCUT2D eigenvalue weighted by Gasteiger charge is 1.98. The molecule has 0 aliphatic heterocycles. The van der Waals surface area contributed by atoms with Crippen LogP contribution in [0.15, 0.2) is 0 Å². The molecule has 0 fully saturated rings. The van der Waals surface area contributed by atoms with Gasteiger partial charge in [0, 0.05) is 0 Å². The van der Waals surface area contributed by atoms with Gasteiger partial charge >= 0.3 is 0 Å². The molecule has 0 heterocycles. The molecule has 0 heteroatoms. The molecule has 0 aliphatic rings. The lowest BCUT2D eigenvalue weighted by atomic mass is 10.0. The van der Waals surface area contributed by atoms with Gasteiger partial charge in [-0.3, -0.25) is 0 Å². The summed E-state index contributed by atoms with van der Waals surface area (Å²) in [5, 5.41) is 0. The molecule has 0 amide bonds. The van der Waals surface area contributed by atoms with Crippen LogP contribution >= 0.6 is 0 Å². The molecule has 0 saturated heterocycles. The van der Waals surface area contributed by atoms with Crippen molar-refractivity contribution in [2.45, 2.75) is 295 Å². The molecule has 0 aromatic rings. The highest BCUT2D eigenvalue weighted by Crippen LogP contribution is 2.18. The van der Waals surface area contributed by atoms with Crippen LogP contribution in [0.25, 0.3) is 0 Å². The van der Waals surface area contributed by atoms with Gasteiger partial charge in [-0.25, -0.2) is 0 Å². The molecule has 0 aliphatic carbocycles. The third-order valence-electron chi connectivity index (χ3n) is 11.2. The van der Waals surface area contributed by atoms with Crippen LogP contribution in [0.3, 0.4) is 0 Å². The topological polar surface area (TPSA) is 0 Å². The first kappa shape index (κ1) is 48.0. The second-order valence-corrected chi connectivity index (χ2v) is 16.3. The number of hydrogen-bond donors (Lipinski definition) is 0. The van der Waals surface area contributed by atoms with Gasteiger partial charge in [-0.1, -0.05) is 309 Å². The normalized spacial score (nSPS) is 11.6. The third kappa shape index (κ3) is 46.0. The van der Waals surface area contributed by atoms with Crippen molar-refractivity contribution in [1.29, 1.82) is 0 Å². The zero-order valence-electron chi connectivity index (χ0n) is 33.9. The SMILES string of the molecule is [CH2]CCCCCCCCCCCCCCCCCCCCCCCCCCCCCCCCCCCCCCCCCCCCCC[CH2]. The predicted octanol–water partition coefficient (Wildman–Crippen LogP) is 18.6. The van der Waals surface area contributed by atoms with Crippen molar-refractivity contribution >= 4 is 0 Å². The number of hydrogen-bond acceptors (Lipinski definition) is 0. The van der Waals surface area contributed by atoms with Crippen molar-refractivity contribution in [2.75, 3.05) is 0 Å². The van der Waals surface area contributed by atoms with Gasteiger partial charge < -0.3 is 0 Å². The minimum atomic E-state index is 1.12. The van der Waals surface area contributed by atoms with E-state index in [-0.39, 0.29) is 0 Å². The summed E-state index contributed by atoms with van der Waals surface area (Å²) in [4.78, 5) is 0. The van der Waals surface area contributed by atoms with E-state index in [1.165, 1.54) is 283 Å². The molecule has 0 aromatic heterocycles. The summed E-state index contributed by atoms with van der Waals surface area (Å²) in [6, 6.07) is 0. The van der Waals surface area contributed by atoms with E-state index in [1.54, 1.807) is 0 Å². The third-order valence-corrected chi connectivity index (χ3v) is 11.2. The maximum absolute atomic E-state index is 3.94. The van der Waals surface area contributed by atoms with Crippen molar-refractivity contribution in [3.63, 3.8) is 0 Å². The van der Waals surface area contributed by atoms with E-state index in [0.717, 1.165) is 12.8 Å². The molecule has 0 N–H and O–H groups in total. The Morgan fingerprint density at radius 2 is 0.167 bits per heavy atom. The zero-order chi connectivity index (χ0) is 34.5. The first-order chi connectivity index (χ1) is 23.9. The molecule has 0 bridgehead atoms. The Kier molecular flexibility index (Phi) is 47.0. The van der Waals surface area contributed by atoms with Gasteiger partial charge in [-0.15, -0.1) is 0 Å². The fourth-order valence-corrected chi connectivity index (χ4v) is 7.78. The molecular formula is C48H96. The molecular weight excluding hydrogens is 577 g/mol. The van der Waals surface area contributed by atoms with Crippen LogP contribution in [-0.4, -0.2) is 0 Å². The average molecular weight is 673 g/mol. The van der Waals surface area contributed by atoms with E-state index in [2.05, 4.69) is 13.8 Å². The Hall–Kier alpha value is 0. The van der Waals surface area contributed by atoms with Gasteiger partial charge in [0.05, 0.1) is 0 Å². The van der Waals surface area contributed by atoms with E-state index >= 15 is 0 Å². The standard InChI is InChI=1S/C48H96/c1-3-5-7-9-11-13-15-17-19-21-23-25-27-29-31-33-35-37-39-41-43-45-47-48-46-44-42-40-38-36-34-32-30-28-26-24-22-20-18-16-14-12-10-8-6-4-2/h1-48H2. The lowest BCUT2D eigenvalue weighted by molar-refractivity contribution is 0.508. The maximum Gasteiger partial charge on any atom is -0.0533 e. The summed E-state index contributed by atoms with van der Waals surface area (Å²) in [7, 11) is 0. The van der Waals surface area contributed by atoms with Crippen LogP contribution in [0.4, 0.5) is 0 Å². The van der Waals surface area contributed by atoms with Crippen molar-refractivity contribution < 1.29 is 0 Å². The smallest absolute Gasteiger partial charge is 0.0533 e. The first-order valence-corrected chi connectivity index (χ1v) is 23.5. The van der Waals surface area contributed by atoms with Gasteiger partial charge in [0.25, 0.3) is 0 Å². The van der Waals surface area contributed by atoms with Crippen molar-refractivity contribution in [2.24, 2.45) is 0 Å². The molecule has 48 heavy (non-hydrogen) atoms. The minimum absolute atomic E-state index is 1.12. The molecule has 0 spiro atoms. The summed E-state index contributed by atoms with van der Waals surface area (Å²) in [5.41, 5.74) is 0. The monoisotopic (exact) mass is 673 g/mol. The quantitative estimate of drug-likeness (QED) is 0.0565. The van der Waals surface area contributed by atoms with E-state index in [1.807, 2.05) is 0 Å². The van der Waals surface area contributed by atoms with Crippen LogP contribution in [0.1, 0.15) is 295 Å². The Bertz CT molecular complexity index is 462. The minimum Gasteiger partial charge on any atom is -0.0533 e. The summed E-state index contributed by atoms with van der Waals surface area (Å²) >= 11 is 0. The van der Waals surface area contributed by atoms with Crippen LogP contribution < -0.4 is 0 Å². The lowest BCUT2D eigenvalue weighted by Gasteiger charge is -2.05. The Labute approximate surface area is 308 Å². The van der Waals surface area contributed by atoms with Gasteiger partial charge in [0.15, 0.2) is 0 Å². The predicted molar refractivity (Wildman–Crippen MR) is 223 cm³/mol. The van der Waals surface area contributed by atoms with Crippen LogP contribution in [-0.2, 0) is 0 Å². The maximum atomic E-state index is 3.94. The highest BCUT2D eigenvalue weighted by molar-refractivity contribution is 4.54. The van der Waals surface area contributed by atoms with Crippen molar-refractivity contribution in [3.8, 4) is 0 Å². The molecule has 0 atom stereocenters. The molecule has 0 nitrogen and oxygen atoms in total. The van der Waals surface area contributed by atoms with E-state index in [9.17, 15) is 0 Å². The average Bonchev–Trinajstić information content (AvgIpc) is 3.10. The Morgan fingerprint density at radius 1 is 0.104 bits per heavy atom. The fourth-order valence-electron chi connectivity index (χ4n) is 7.78. The van der Waals surface area contributed by atoms with Gasteiger partial charge in [-0.2, -0.15) is 0 Å². The van der Waals surface area contributed by atoms with E-state index in [0.29, 0.717) is 0 Å². The molecule has 0 aromatic carbocycles. The zero-order valence-corrected chi connectivity index (χ0v) is 33.9. The van der Waals surface area contributed by atoms with Crippen molar-refractivity contribution in [1.82, 2.24) is 0 Å². The summed E-state index contributed by atoms with van der Waals surface area (Å²) in [6.45, 7) is 7.87. The van der Waals surface area contributed by atoms with E-state index in [4.69, 9.17) is 0 Å².